The Labute approximate surface area is 72.2 Å². The van der Waals surface area contributed by atoms with Crippen LogP contribution in [-0.4, -0.2) is 11.7 Å². The topological polar surface area (TPSA) is 17.1 Å². The molecule has 0 aliphatic rings. The Kier molecular flexibility index (Phi) is 5.02. The summed E-state index contributed by atoms with van der Waals surface area (Å²) in [4.78, 5) is 10.5. The number of hydrogen-bond donors (Lipinski definition) is 0. The van der Waals surface area contributed by atoms with Crippen LogP contribution in [0.1, 0.15) is 46.0 Å². The Hall–Kier alpha value is -0.470. The first-order chi connectivity index (χ1) is 5.42. The summed E-state index contributed by atoms with van der Waals surface area (Å²) in [6, 6.07) is 0. The Morgan fingerprint density at radius 3 is 2.25 bits per heavy atom. The Morgan fingerprint density at radius 2 is 1.83 bits per heavy atom. The van der Waals surface area contributed by atoms with Crippen molar-refractivity contribution in [3.05, 3.63) is 0 Å². The van der Waals surface area contributed by atoms with Crippen molar-refractivity contribution in [2.75, 3.05) is 0 Å². The third kappa shape index (κ3) is 9.53. The maximum Gasteiger partial charge on any atom is 0.245 e. The van der Waals surface area contributed by atoms with Crippen molar-refractivity contribution < 1.29 is 13.6 Å². The lowest BCUT2D eigenvalue weighted by atomic mass is 10.1. The highest BCUT2D eigenvalue weighted by Gasteiger charge is 2.19. The van der Waals surface area contributed by atoms with Crippen molar-refractivity contribution in [1.29, 1.82) is 0 Å². The van der Waals surface area contributed by atoms with Crippen molar-refractivity contribution in [3.63, 3.8) is 0 Å². The molecule has 0 aliphatic carbocycles. The molecule has 0 atom stereocenters. The number of alkyl halides is 2. The Balaban J connectivity index is 3.17. The molecule has 0 unspecified atom stereocenters. The number of halogens is 2. The second-order valence-electron chi connectivity index (χ2n) is 3.33. The molecule has 0 bridgehead atoms. The summed E-state index contributed by atoms with van der Waals surface area (Å²) in [5.74, 6) is -2.41. The van der Waals surface area contributed by atoms with Crippen LogP contribution in [0.3, 0.4) is 0 Å². The first kappa shape index (κ1) is 11.5. The highest BCUT2D eigenvalue weighted by Crippen LogP contribution is 2.20. The maximum atomic E-state index is 12.2. The van der Waals surface area contributed by atoms with Crippen LogP contribution in [0.25, 0.3) is 0 Å². The molecule has 0 fully saturated rings. The average Bonchev–Trinajstić information content (AvgIpc) is 1.83. The van der Waals surface area contributed by atoms with Crippen LogP contribution in [0, 0.1) is 0 Å². The van der Waals surface area contributed by atoms with Crippen molar-refractivity contribution >= 4 is 5.78 Å². The molecule has 0 rings (SSSR count). The molecule has 0 amide bonds. The van der Waals surface area contributed by atoms with E-state index in [4.69, 9.17) is 0 Å². The fourth-order valence-corrected chi connectivity index (χ4v) is 0.986. The third-order valence-electron chi connectivity index (χ3n) is 1.64. The largest absolute Gasteiger partial charge is 0.300 e. The molecular weight excluding hydrogens is 162 g/mol. The van der Waals surface area contributed by atoms with Crippen LogP contribution in [0.15, 0.2) is 0 Å². The summed E-state index contributed by atoms with van der Waals surface area (Å²) in [5.41, 5.74) is 0. The molecule has 0 heterocycles. The van der Waals surface area contributed by atoms with Crippen LogP contribution in [0.2, 0.25) is 0 Å². The summed E-state index contributed by atoms with van der Waals surface area (Å²) in [6.07, 6.45) is 2.44. The van der Waals surface area contributed by atoms with Crippen molar-refractivity contribution in [2.45, 2.75) is 51.9 Å². The number of rotatable bonds is 6. The first-order valence-electron chi connectivity index (χ1n) is 4.29. The Morgan fingerprint density at radius 1 is 1.25 bits per heavy atom. The van der Waals surface area contributed by atoms with Gasteiger partial charge in [0.1, 0.15) is 5.78 Å². The molecule has 0 saturated carbocycles. The van der Waals surface area contributed by atoms with E-state index in [9.17, 15) is 13.6 Å². The zero-order valence-electron chi connectivity index (χ0n) is 7.70. The number of unbranched alkanes of at least 4 members (excludes halogenated alkanes) is 2. The minimum Gasteiger partial charge on any atom is -0.300 e. The smallest absolute Gasteiger partial charge is 0.245 e. The lowest BCUT2D eigenvalue weighted by Crippen LogP contribution is -2.08. The van der Waals surface area contributed by atoms with E-state index in [1.165, 1.54) is 6.92 Å². The molecule has 3 heteroatoms. The van der Waals surface area contributed by atoms with Gasteiger partial charge >= 0.3 is 0 Å². The molecule has 1 nitrogen and oxygen atoms in total. The van der Waals surface area contributed by atoms with Gasteiger partial charge in [-0.15, -0.1) is 0 Å². The standard InChI is InChI=1S/C9H16F2O/c1-8(12)6-4-3-5-7-9(2,10)11/h3-7H2,1-2H3. The predicted molar refractivity (Wildman–Crippen MR) is 44.4 cm³/mol. The molecule has 0 spiro atoms. The van der Waals surface area contributed by atoms with E-state index in [0.29, 0.717) is 12.8 Å². The first-order valence-corrected chi connectivity index (χ1v) is 4.29. The van der Waals surface area contributed by atoms with Gasteiger partial charge in [-0.2, -0.15) is 0 Å². The van der Waals surface area contributed by atoms with E-state index < -0.39 is 5.92 Å². The molecule has 0 aromatic rings. The van der Waals surface area contributed by atoms with Crippen molar-refractivity contribution in [2.24, 2.45) is 0 Å². The highest BCUT2D eigenvalue weighted by molar-refractivity contribution is 5.75. The predicted octanol–water partition coefficient (Wildman–Crippen LogP) is 3.18. The zero-order chi connectivity index (χ0) is 9.61. The average molecular weight is 178 g/mol. The highest BCUT2D eigenvalue weighted by atomic mass is 19.3. The van der Waals surface area contributed by atoms with Gasteiger partial charge in [-0.3, -0.25) is 0 Å². The summed E-state index contributed by atoms with van der Waals surface area (Å²) >= 11 is 0. The zero-order valence-corrected chi connectivity index (χ0v) is 7.70. The van der Waals surface area contributed by atoms with Crippen LogP contribution in [-0.2, 0) is 4.79 Å². The molecule has 0 aliphatic heterocycles. The molecule has 0 saturated heterocycles. The van der Waals surface area contributed by atoms with E-state index in [0.717, 1.165) is 19.8 Å². The van der Waals surface area contributed by atoms with Gasteiger partial charge in [-0.1, -0.05) is 6.42 Å². The maximum absolute atomic E-state index is 12.2. The molecule has 72 valence electrons. The number of hydrogen-bond acceptors (Lipinski definition) is 1. The number of ketones is 1. The normalized spacial score (nSPS) is 11.7. The van der Waals surface area contributed by atoms with E-state index in [1.807, 2.05) is 0 Å². The fourth-order valence-electron chi connectivity index (χ4n) is 0.986. The molecule has 0 radical (unpaired) electrons. The van der Waals surface area contributed by atoms with Gasteiger partial charge in [0, 0.05) is 12.8 Å². The summed E-state index contributed by atoms with van der Waals surface area (Å²) in [6.45, 7) is 2.45. The lowest BCUT2D eigenvalue weighted by Gasteiger charge is -2.08. The minimum atomic E-state index is -2.55. The summed E-state index contributed by atoms with van der Waals surface area (Å²) < 4.78 is 24.5. The van der Waals surface area contributed by atoms with Crippen LogP contribution >= 0.6 is 0 Å². The van der Waals surface area contributed by atoms with Crippen LogP contribution in [0.4, 0.5) is 8.78 Å². The lowest BCUT2D eigenvalue weighted by molar-refractivity contribution is -0.117. The molecule has 0 aromatic carbocycles. The molecule has 12 heavy (non-hydrogen) atoms. The van der Waals surface area contributed by atoms with Gasteiger partial charge < -0.3 is 4.79 Å². The number of carbonyl (C=O) groups excluding carboxylic acids is 1. The van der Waals surface area contributed by atoms with E-state index in [-0.39, 0.29) is 12.2 Å². The second-order valence-corrected chi connectivity index (χ2v) is 3.33. The van der Waals surface area contributed by atoms with Gasteiger partial charge in [0.05, 0.1) is 0 Å². The van der Waals surface area contributed by atoms with E-state index in [1.54, 1.807) is 0 Å². The van der Waals surface area contributed by atoms with E-state index >= 15 is 0 Å². The Bertz CT molecular complexity index is 138. The molecule has 0 aromatic heterocycles. The van der Waals surface area contributed by atoms with Gasteiger partial charge in [-0.25, -0.2) is 8.78 Å². The van der Waals surface area contributed by atoms with E-state index in [2.05, 4.69) is 0 Å². The van der Waals surface area contributed by atoms with Crippen molar-refractivity contribution in [1.82, 2.24) is 0 Å². The SMILES string of the molecule is CC(=O)CCCCCC(C)(F)F. The number of carbonyl (C=O) groups is 1. The van der Waals surface area contributed by atoms with Crippen LogP contribution < -0.4 is 0 Å². The third-order valence-corrected chi connectivity index (χ3v) is 1.64. The minimum absolute atomic E-state index is 0.0646. The summed E-state index contributed by atoms with van der Waals surface area (Å²) in [5, 5.41) is 0. The van der Waals surface area contributed by atoms with Gasteiger partial charge in [-0.05, 0) is 26.7 Å². The van der Waals surface area contributed by atoms with Crippen molar-refractivity contribution in [3.8, 4) is 0 Å². The van der Waals surface area contributed by atoms with Gasteiger partial charge in [0.15, 0.2) is 0 Å². The number of Topliss-reactive ketones (excluding diaryl/α,β-unsaturated/α-hetero) is 1. The van der Waals surface area contributed by atoms with Crippen LogP contribution in [0.5, 0.6) is 0 Å². The molecule has 0 N–H and O–H groups in total. The van der Waals surface area contributed by atoms with Gasteiger partial charge in [0.2, 0.25) is 5.92 Å². The monoisotopic (exact) mass is 178 g/mol. The summed E-state index contributed by atoms with van der Waals surface area (Å²) in [7, 11) is 0. The quantitative estimate of drug-likeness (QED) is 0.571. The van der Waals surface area contributed by atoms with Gasteiger partial charge in [0.25, 0.3) is 0 Å². The fraction of sp³-hybridized carbons (Fsp3) is 0.889. The molecular formula is C9H16F2O. The second kappa shape index (κ2) is 5.22.